The van der Waals surface area contributed by atoms with E-state index in [4.69, 9.17) is 4.74 Å². The van der Waals surface area contributed by atoms with Crippen molar-refractivity contribution >= 4 is 23.3 Å². The summed E-state index contributed by atoms with van der Waals surface area (Å²) >= 11 is 0. The molecule has 1 N–H and O–H groups in total. The molecule has 1 fully saturated rings. The molecule has 0 radical (unpaired) electrons. The van der Waals surface area contributed by atoms with Gasteiger partial charge in [0.05, 0.1) is 12.1 Å². The van der Waals surface area contributed by atoms with Gasteiger partial charge in [-0.15, -0.1) is 0 Å². The van der Waals surface area contributed by atoms with E-state index >= 15 is 0 Å². The Balaban J connectivity index is 1.89. The first kappa shape index (κ1) is 21.3. The van der Waals surface area contributed by atoms with Gasteiger partial charge in [0.15, 0.2) is 24.1 Å². The number of carbonyl (C=O) groups excluding carboxylic acids is 3. The average Bonchev–Trinajstić information content (AvgIpc) is 2.87. The maximum atomic E-state index is 13.5. The third-order valence-corrected chi connectivity index (χ3v) is 4.60. The first-order valence-electron chi connectivity index (χ1n) is 8.33. The van der Waals surface area contributed by atoms with E-state index in [-0.39, 0.29) is 18.1 Å². The highest BCUT2D eigenvalue weighted by Gasteiger charge is 2.44. The molecule has 1 aromatic rings. The van der Waals surface area contributed by atoms with Crippen LogP contribution in [0.25, 0.3) is 0 Å². The van der Waals surface area contributed by atoms with Crippen molar-refractivity contribution in [2.75, 3.05) is 18.5 Å². The van der Waals surface area contributed by atoms with Crippen molar-refractivity contribution in [2.45, 2.75) is 19.8 Å². The van der Waals surface area contributed by atoms with Crippen molar-refractivity contribution in [3.8, 4) is 0 Å². The number of ether oxygens (including phenoxy) is 1. The second-order valence-corrected chi connectivity index (χ2v) is 6.57. The predicted octanol–water partition coefficient (Wildman–Crippen LogP) is 2.09. The van der Waals surface area contributed by atoms with Crippen molar-refractivity contribution in [1.29, 1.82) is 0 Å². The van der Waals surface area contributed by atoms with Crippen LogP contribution in [0, 0.1) is 45.3 Å². The monoisotopic (exact) mass is 402 g/mol. The molecule has 0 saturated heterocycles. The highest BCUT2D eigenvalue weighted by Crippen LogP contribution is 2.36. The van der Waals surface area contributed by atoms with Gasteiger partial charge >= 0.3 is 5.97 Å². The lowest BCUT2D eigenvalue weighted by Gasteiger charge is -2.17. The van der Waals surface area contributed by atoms with Gasteiger partial charge in [-0.3, -0.25) is 24.5 Å². The van der Waals surface area contributed by atoms with E-state index in [1.807, 2.05) is 5.32 Å². The summed E-state index contributed by atoms with van der Waals surface area (Å²) in [4.78, 5) is 45.8. The fourth-order valence-electron chi connectivity index (χ4n) is 3.19. The van der Waals surface area contributed by atoms with Gasteiger partial charge in [0.25, 0.3) is 5.91 Å². The fraction of sp³-hybridized carbons (Fsp3) is 0.471. The summed E-state index contributed by atoms with van der Waals surface area (Å²) in [5.74, 6) is -8.76. The Morgan fingerprint density at radius 2 is 1.96 bits per heavy atom. The third-order valence-electron chi connectivity index (χ3n) is 4.60. The topological polar surface area (TPSA) is 116 Å². The molecule has 2 rings (SSSR count). The number of anilines is 1. The zero-order valence-corrected chi connectivity index (χ0v) is 14.7. The molecule has 3 atom stereocenters. The van der Waals surface area contributed by atoms with E-state index in [0.717, 1.165) is 6.07 Å². The smallest absolute Gasteiger partial charge is 0.307 e. The van der Waals surface area contributed by atoms with Gasteiger partial charge in [-0.05, 0) is 18.1 Å². The Morgan fingerprint density at radius 3 is 2.61 bits per heavy atom. The molecule has 1 aliphatic rings. The number of ketones is 1. The van der Waals surface area contributed by atoms with Crippen LogP contribution in [0.4, 0.5) is 18.9 Å². The molecular weight excluding hydrogens is 385 g/mol. The number of hydrogen-bond acceptors (Lipinski definition) is 6. The maximum Gasteiger partial charge on any atom is 0.307 e. The number of halogens is 3. The highest BCUT2D eigenvalue weighted by atomic mass is 19.2. The second-order valence-electron chi connectivity index (χ2n) is 6.57. The minimum atomic E-state index is -1.76. The number of hydrogen-bond donors (Lipinski definition) is 1. The van der Waals surface area contributed by atoms with Gasteiger partial charge in [-0.25, -0.2) is 13.2 Å². The van der Waals surface area contributed by atoms with Crippen LogP contribution < -0.4 is 5.32 Å². The van der Waals surface area contributed by atoms with E-state index in [9.17, 15) is 37.7 Å². The number of esters is 1. The van der Waals surface area contributed by atoms with Crippen molar-refractivity contribution in [3.63, 3.8) is 0 Å². The normalized spacial score (nSPS) is 21.4. The summed E-state index contributed by atoms with van der Waals surface area (Å²) in [6.07, 6.45) is -0.305. The Morgan fingerprint density at radius 1 is 1.29 bits per heavy atom. The summed E-state index contributed by atoms with van der Waals surface area (Å²) in [7, 11) is 0. The molecule has 152 valence electrons. The molecule has 1 amide bonds. The number of Topliss-reactive ketones (excluding diaryl/α,β-unsaturated/α-hetero) is 1. The largest absolute Gasteiger partial charge is 0.456 e. The lowest BCUT2D eigenvalue weighted by atomic mass is 9.88. The Labute approximate surface area is 157 Å². The Kier molecular flexibility index (Phi) is 6.71. The van der Waals surface area contributed by atoms with E-state index in [1.54, 1.807) is 6.92 Å². The molecule has 1 aliphatic carbocycles. The number of benzene rings is 1. The van der Waals surface area contributed by atoms with E-state index in [0.29, 0.717) is 6.07 Å². The quantitative estimate of drug-likeness (QED) is 0.323. The number of rotatable bonds is 7. The first-order valence-corrected chi connectivity index (χ1v) is 8.33. The average molecular weight is 402 g/mol. The van der Waals surface area contributed by atoms with Crippen LogP contribution in [0.2, 0.25) is 0 Å². The number of carbonyl (C=O) groups is 3. The molecule has 0 aromatic heterocycles. The highest BCUT2D eigenvalue weighted by molar-refractivity contribution is 5.93. The van der Waals surface area contributed by atoms with Crippen LogP contribution in [-0.4, -0.2) is 35.7 Å². The molecule has 0 spiro atoms. The molecule has 0 unspecified atom stereocenters. The number of nitrogens with zero attached hydrogens (tertiary/aromatic N) is 1. The zero-order chi connectivity index (χ0) is 21.0. The minimum Gasteiger partial charge on any atom is -0.456 e. The van der Waals surface area contributed by atoms with Crippen LogP contribution in [0.15, 0.2) is 12.1 Å². The van der Waals surface area contributed by atoms with Crippen molar-refractivity contribution in [1.82, 2.24) is 0 Å². The van der Waals surface area contributed by atoms with Gasteiger partial charge in [0.2, 0.25) is 6.54 Å². The van der Waals surface area contributed by atoms with E-state index < -0.39 is 71.3 Å². The molecule has 0 heterocycles. The summed E-state index contributed by atoms with van der Waals surface area (Å²) in [6, 6.07) is 1.41. The van der Waals surface area contributed by atoms with Gasteiger partial charge in [0, 0.05) is 23.2 Å². The molecule has 1 saturated carbocycles. The van der Waals surface area contributed by atoms with Crippen LogP contribution in [0.1, 0.15) is 19.8 Å². The molecule has 0 aliphatic heterocycles. The molecular formula is C17H17F3N2O6. The SMILES string of the molecule is C[C@H]1CC(=O)[C@@H](CC(=O)OCC(=O)Nc2ccc(F)c(F)c2F)[C@@H]1C[N+](=O)[O-]. The molecule has 1 aromatic carbocycles. The second kappa shape index (κ2) is 8.81. The molecule has 11 heteroatoms. The van der Waals surface area contributed by atoms with Crippen molar-refractivity contribution in [2.24, 2.45) is 17.8 Å². The summed E-state index contributed by atoms with van der Waals surface area (Å²) in [5, 5.41) is 12.7. The lowest BCUT2D eigenvalue weighted by Crippen LogP contribution is -2.28. The lowest BCUT2D eigenvalue weighted by molar-refractivity contribution is -0.490. The zero-order valence-electron chi connectivity index (χ0n) is 14.7. The maximum absolute atomic E-state index is 13.5. The fourth-order valence-corrected chi connectivity index (χ4v) is 3.19. The van der Waals surface area contributed by atoms with Crippen LogP contribution in [0.3, 0.4) is 0 Å². The Hall–Kier alpha value is -2.98. The molecule has 0 bridgehead atoms. The van der Waals surface area contributed by atoms with Crippen LogP contribution in [-0.2, 0) is 19.1 Å². The van der Waals surface area contributed by atoms with E-state index in [1.165, 1.54) is 0 Å². The van der Waals surface area contributed by atoms with Gasteiger partial charge in [-0.1, -0.05) is 6.92 Å². The first-order chi connectivity index (χ1) is 13.1. The Bertz CT molecular complexity index is 816. The summed E-state index contributed by atoms with van der Waals surface area (Å²) < 4.78 is 44.2. The molecule has 8 nitrogen and oxygen atoms in total. The van der Waals surface area contributed by atoms with Crippen LogP contribution in [0.5, 0.6) is 0 Å². The van der Waals surface area contributed by atoms with Crippen LogP contribution >= 0.6 is 0 Å². The van der Waals surface area contributed by atoms with Crippen molar-refractivity contribution < 1.29 is 37.2 Å². The summed E-state index contributed by atoms with van der Waals surface area (Å²) in [5.41, 5.74) is -0.634. The predicted molar refractivity (Wildman–Crippen MR) is 88.2 cm³/mol. The number of nitro groups is 1. The van der Waals surface area contributed by atoms with Gasteiger partial charge in [0.1, 0.15) is 5.78 Å². The number of amides is 1. The third kappa shape index (κ3) is 5.05. The van der Waals surface area contributed by atoms with Gasteiger partial charge in [-0.2, -0.15) is 0 Å². The standard InChI is InChI=1S/C17H17F3N2O6/c1-8-4-13(23)9(10(8)6-22(26)27)5-15(25)28-7-14(24)21-12-3-2-11(18)16(19)17(12)20/h2-3,8-10H,4-7H2,1H3,(H,21,24)/t8-,9-,10+/m0/s1. The van der Waals surface area contributed by atoms with Gasteiger partial charge < -0.3 is 10.1 Å². The number of nitrogens with one attached hydrogen (secondary N) is 1. The van der Waals surface area contributed by atoms with E-state index in [2.05, 4.69) is 0 Å². The minimum absolute atomic E-state index is 0.117. The summed E-state index contributed by atoms with van der Waals surface area (Å²) in [6.45, 7) is 0.371. The van der Waals surface area contributed by atoms with Crippen molar-refractivity contribution in [3.05, 3.63) is 39.7 Å². The molecule has 28 heavy (non-hydrogen) atoms.